The van der Waals surface area contributed by atoms with Crippen LogP contribution in [0.1, 0.15) is 24.8 Å². The van der Waals surface area contributed by atoms with E-state index in [1.807, 2.05) is 0 Å². The summed E-state index contributed by atoms with van der Waals surface area (Å²) in [5.41, 5.74) is 0.821. The number of Topliss-reactive ketones (excluding diaryl/α,β-unsaturated/α-hetero) is 1. The fourth-order valence-corrected chi connectivity index (χ4v) is 2.55. The van der Waals surface area contributed by atoms with Crippen LogP contribution in [0.4, 0.5) is 0 Å². The van der Waals surface area contributed by atoms with Crippen molar-refractivity contribution < 1.29 is 4.79 Å². The van der Waals surface area contributed by atoms with Gasteiger partial charge in [0.25, 0.3) is 0 Å². The van der Waals surface area contributed by atoms with Crippen molar-refractivity contribution in [2.75, 3.05) is 6.54 Å². The topological polar surface area (TPSA) is 29.1 Å². The van der Waals surface area contributed by atoms with E-state index in [4.69, 9.17) is 23.2 Å². The van der Waals surface area contributed by atoms with Crippen LogP contribution in [-0.4, -0.2) is 18.4 Å². The fourth-order valence-electron chi connectivity index (χ4n) is 2.17. The Morgan fingerprint density at radius 2 is 2.24 bits per heavy atom. The van der Waals surface area contributed by atoms with E-state index in [2.05, 4.69) is 5.32 Å². The molecule has 0 aromatic heterocycles. The van der Waals surface area contributed by atoms with Gasteiger partial charge >= 0.3 is 0 Å². The average molecular weight is 272 g/mol. The van der Waals surface area contributed by atoms with Crippen molar-refractivity contribution in [1.29, 1.82) is 0 Å². The summed E-state index contributed by atoms with van der Waals surface area (Å²) in [6, 6.07) is 5.58. The van der Waals surface area contributed by atoms with Crippen LogP contribution in [0.15, 0.2) is 18.2 Å². The van der Waals surface area contributed by atoms with Crippen LogP contribution in [0.25, 0.3) is 0 Å². The number of nitrogens with one attached hydrogen (secondary N) is 1. The largest absolute Gasteiger partial charge is 0.314 e. The molecule has 0 spiro atoms. The Morgan fingerprint density at radius 1 is 1.41 bits per heavy atom. The number of carbonyl (C=O) groups is 1. The summed E-state index contributed by atoms with van der Waals surface area (Å²) >= 11 is 11.9. The zero-order valence-electron chi connectivity index (χ0n) is 9.51. The molecule has 1 aliphatic heterocycles. The third-order valence-corrected chi connectivity index (χ3v) is 3.64. The number of ketones is 1. The number of hydrogen-bond donors (Lipinski definition) is 1. The lowest BCUT2D eigenvalue weighted by atomic mass is 10.0. The van der Waals surface area contributed by atoms with Gasteiger partial charge in [-0.2, -0.15) is 0 Å². The zero-order valence-corrected chi connectivity index (χ0v) is 11.0. The van der Waals surface area contributed by atoms with Crippen LogP contribution in [0.2, 0.25) is 10.0 Å². The van der Waals surface area contributed by atoms with E-state index in [0.29, 0.717) is 28.9 Å². The fraction of sp³-hybridized carbons (Fsp3) is 0.462. The number of hydrogen-bond acceptors (Lipinski definition) is 2. The van der Waals surface area contributed by atoms with Crippen molar-refractivity contribution in [3.63, 3.8) is 0 Å². The lowest BCUT2D eigenvalue weighted by Gasteiger charge is -2.09. The smallest absolute Gasteiger partial charge is 0.138 e. The summed E-state index contributed by atoms with van der Waals surface area (Å²) in [6.45, 7) is 1.02. The Morgan fingerprint density at radius 3 is 2.94 bits per heavy atom. The molecule has 1 fully saturated rings. The van der Waals surface area contributed by atoms with Gasteiger partial charge in [-0.15, -0.1) is 0 Å². The molecule has 1 N–H and O–H groups in total. The molecule has 2 rings (SSSR count). The first kappa shape index (κ1) is 12.9. The van der Waals surface area contributed by atoms with Crippen molar-refractivity contribution in [2.45, 2.75) is 31.7 Å². The van der Waals surface area contributed by atoms with Crippen LogP contribution >= 0.6 is 23.2 Å². The van der Waals surface area contributed by atoms with Gasteiger partial charge in [0, 0.05) is 28.9 Å². The highest BCUT2D eigenvalue weighted by molar-refractivity contribution is 6.33. The summed E-state index contributed by atoms with van der Waals surface area (Å²) in [6.07, 6.45) is 3.21. The molecule has 1 aromatic carbocycles. The SMILES string of the molecule is O=C(Cc1cc(Cl)ccc1Cl)CC1CCCN1. The molecule has 1 unspecified atom stereocenters. The van der Waals surface area contributed by atoms with E-state index in [0.717, 1.165) is 24.9 Å². The molecule has 0 amide bonds. The van der Waals surface area contributed by atoms with Crippen molar-refractivity contribution in [3.8, 4) is 0 Å². The first-order chi connectivity index (χ1) is 8.15. The van der Waals surface area contributed by atoms with Crippen molar-refractivity contribution >= 4 is 29.0 Å². The maximum atomic E-state index is 11.9. The Hall–Kier alpha value is -0.570. The summed E-state index contributed by atoms with van der Waals surface area (Å²) in [5.74, 6) is 0.216. The quantitative estimate of drug-likeness (QED) is 0.911. The van der Waals surface area contributed by atoms with Crippen LogP contribution in [0.3, 0.4) is 0 Å². The summed E-state index contributed by atoms with van der Waals surface area (Å²) < 4.78 is 0. The minimum atomic E-state index is 0.216. The minimum absolute atomic E-state index is 0.216. The second-order valence-corrected chi connectivity index (χ2v) is 5.29. The van der Waals surface area contributed by atoms with Crippen molar-refractivity contribution in [1.82, 2.24) is 5.32 Å². The summed E-state index contributed by atoms with van der Waals surface area (Å²) in [4.78, 5) is 11.9. The van der Waals surface area contributed by atoms with Crippen LogP contribution in [0, 0.1) is 0 Å². The first-order valence-corrected chi connectivity index (χ1v) is 6.60. The van der Waals surface area contributed by atoms with Gasteiger partial charge in [-0.1, -0.05) is 23.2 Å². The van der Waals surface area contributed by atoms with Crippen LogP contribution in [-0.2, 0) is 11.2 Å². The van der Waals surface area contributed by atoms with E-state index >= 15 is 0 Å². The second-order valence-electron chi connectivity index (χ2n) is 4.45. The molecule has 1 heterocycles. The molecule has 0 radical (unpaired) electrons. The molecule has 1 aromatic rings. The lowest BCUT2D eigenvalue weighted by Crippen LogP contribution is -2.25. The third-order valence-electron chi connectivity index (χ3n) is 3.03. The normalized spacial score (nSPS) is 19.5. The number of benzene rings is 1. The zero-order chi connectivity index (χ0) is 12.3. The van der Waals surface area contributed by atoms with Crippen LogP contribution in [0.5, 0.6) is 0 Å². The molecule has 0 saturated carbocycles. The van der Waals surface area contributed by atoms with Gasteiger partial charge in [-0.25, -0.2) is 0 Å². The molecule has 0 aliphatic carbocycles. The minimum Gasteiger partial charge on any atom is -0.314 e. The van der Waals surface area contributed by atoms with Gasteiger partial charge in [0.15, 0.2) is 0 Å². The number of carbonyl (C=O) groups excluding carboxylic acids is 1. The Labute approximate surface area is 111 Å². The van der Waals surface area contributed by atoms with Gasteiger partial charge in [-0.05, 0) is 43.1 Å². The van der Waals surface area contributed by atoms with Crippen molar-refractivity contribution in [2.24, 2.45) is 0 Å². The van der Waals surface area contributed by atoms with Gasteiger partial charge in [0.1, 0.15) is 5.78 Å². The van der Waals surface area contributed by atoms with E-state index in [-0.39, 0.29) is 5.78 Å². The standard InChI is InChI=1S/C13H15Cl2NO/c14-10-3-4-13(15)9(6-10)7-12(17)8-11-2-1-5-16-11/h3-4,6,11,16H,1-2,5,7-8H2. The third kappa shape index (κ3) is 3.70. The maximum absolute atomic E-state index is 11.9. The highest BCUT2D eigenvalue weighted by atomic mass is 35.5. The number of halogens is 2. The lowest BCUT2D eigenvalue weighted by molar-refractivity contribution is -0.118. The van der Waals surface area contributed by atoms with Crippen LogP contribution < -0.4 is 5.32 Å². The molecular weight excluding hydrogens is 257 g/mol. The van der Waals surface area contributed by atoms with E-state index in [1.54, 1.807) is 18.2 Å². The van der Waals surface area contributed by atoms with Gasteiger partial charge in [0.05, 0.1) is 0 Å². The highest BCUT2D eigenvalue weighted by Gasteiger charge is 2.18. The Bertz CT molecular complexity index is 414. The maximum Gasteiger partial charge on any atom is 0.138 e. The molecule has 4 heteroatoms. The molecule has 1 aliphatic rings. The summed E-state index contributed by atoms with van der Waals surface area (Å²) in [7, 11) is 0. The highest BCUT2D eigenvalue weighted by Crippen LogP contribution is 2.22. The van der Waals surface area contributed by atoms with Crippen molar-refractivity contribution in [3.05, 3.63) is 33.8 Å². The Kier molecular flexibility index (Phi) is 4.43. The Balaban J connectivity index is 1.95. The average Bonchev–Trinajstić information content (AvgIpc) is 2.76. The predicted molar refractivity (Wildman–Crippen MR) is 70.8 cm³/mol. The first-order valence-electron chi connectivity index (χ1n) is 5.84. The number of rotatable bonds is 4. The van der Waals surface area contributed by atoms with E-state index in [1.165, 1.54) is 0 Å². The molecule has 0 bridgehead atoms. The molecular formula is C13H15Cl2NO. The van der Waals surface area contributed by atoms with E-state index < -0.39 is 0 Å². The van der Waals surface area contributed by atoms with Gasteiger partial charge in [-0.3, -0.25) is 4.79 Å². The molecule has 92 valence electrons. The van der Waals surface area contributed by atoms with Gasteiger partial charge in [0.2, 0.25) is 0 Å². The second kappa shape index (κ2) is 5.85. The molecule has 17 heavy (non-hydrogen) atoms. The van der Waals surface area contributed by atoms with E-state index in [9.17, 15) is 4.79 Å². The molecule has 2 nitrogen and oxygen atoms in total. The molecule has 1 atom stereocenters. The predicted octanol–water partition coefficient (Wildman–Crippen LogP) is 3.25. The van der Waals surface area contributed by atoms with Gasteiger partial charge < -0.3 is 5.32 Å². The summed E-state index contributed by atoms with van der Waals surface area (Å²) in [5, 5.41) is 4.55. The molecule has 1 saturated heterocycles. The monoisotopic (exact) mass is 271 g/mol.